The Bertz CT molecular complexity index is 594. The topological polar surface area (TPSA) is 67.2 Å². The molecule has 0 radical (unpaired) electrons. The van der Waals surface area contributed by atoms with Crippen LogP contribution < -0.4 is 5.32 Å². The second kappa shape index (κ2) is 7.36. The van der Waals surface area contributed by atoms with Crippen molar-refractivity contribution >= 4 is 11.8 Å². The van der Waals surface area contributed by atoms with Gasteiger partial charge in [0, 0.05) is 37.8 Å². The van der Waals surface area contributed by atoms with E-state index in [1.165, 1.54) is 0 Å². The number of carbonyl (C=O) groups is 2. The highest BCUT2D eigenvalue weighted by atomic mass is 16.2. The van der Waals surface area contributed by atoms with Crippen LogP contribution in [0, 0.1) is 5.92 Å². The van der Waals surface area contributed by atoms with Gasteiger partial charge in [-0.3, -0.25) is 9.59 Å². The first-order valence-corrected chi connectivity index (χ1v) is 9.21. The average molecular weight is 332 g/mol. The fourth-order valence-electron chi connectivity index (χ4n) is 3.67. The molecule has 2 amide bonds. The number of aryl methyl sites for hydroxylation is 1. The molecule has 1 saturated carbocycles. The molecule has 1 aliphatic carbocycles. The standard InChI is InChI=1S/C18H28N4O2/c1-3-16-19-9-11-22(16)15-8-5-10-21(12-15)18(24)13(2)20-17(23)14-6-4-7-14/h9,11,13-15H,3-8,10,12H2,1-2H3,(H,20,23). The molecule has 6 nitrogen and oxygen atoms in total. The van der Waals surface area contributed by atoms with E-state index in [4.69, 9.17) is 0 Å². The number of carbonyl (C=O) groups excluding carboxylic acids is 2. The molecule has 1 aromatic rings. The summed E-state index contributed by atoms with van der Waals surface area (Å²) in [7, 11) is 0. The number of likely N-dealkylation sites (tertiary alicyclic amines) is 1. The molecule has 2 fully saturated rings. The van der Waals surface area contributed by atoms with Gasteiger partial charge in [-0.15, -0.1) is 0 Å². The van der Waals surface area contributed by atoms with E-state index >= 15 is 0 Å². The van der Waals surface area contributed by atoms with Crippen molar-refractivity contribution in [2.24, 2.45) is 5.92 Å². The van der Waals surface area contributed by atoms with Crippen LogP contribution in [-0.2, 0) is 16.0 Å². The smallest absolute Gasteiger partial charge is 0.244 e. The summed E-state index contributed by atoms with van der Waals surface area (Å²) in [6.45, 7) is 5.38. The largest absolute Gasteiger partial charge is 0.344 e. The normalized spacial score (nSPS) is 22.8. The molecular formula is C18H28N4O2. The van der Waals surface area contributed by atoms with Crippen molar-refractivity contribution < 1.29 is 9.59 Å². The van der Waals surface area contributed by atoms with E-state index in [-0.39, 0.29) is 23.8 Å². The van der Waals surface area contributed by atoms with Crippen molar-refractivity contribution in [3.05, 3.63) is 18.2 Å². The Morgan fingerprint density at radius 2 is 2.12 bits per heavy atom. The predicted molar refractivity (Wildman–Crippen MR) is 91.4 cm³/mol. The zero-order valence-electron chi connectivity index (χ0n) is 14.7. The molecule has 1 aromatic heterocycles. The second-order valence-electron chi connectivity index (χ2n) is 7.04. The summed E-state index contributed by atoms with van der Waals surface area (Å²) in [5, 5.41) is 2.90. The van der Waals surface area contributed by atoms with E-state index in [0.717, 1.165) is 50.9 Å². The van der Waals surface area contributed by atoms with Crippen molar-refractivity contribution in [3.63, 3.8) is 0 Å². The van der Waals surface area contributed by atoms with Gasteiger partial charge in [0.1, 0.15) is 11.9 Å². The number of nitrogens with zero attached hydrogens (tertiary/aromatic N) is 3. The molecule has 2 aliphatic rings. The molecule has 0 spiro atoms. The van der Waals surface area contributed by atoms with E-state index in [1.54, 1.807) is 6.92 Å². The minimum Gasteiger partial charge on any atom is -0.344 e. The number of aromatic nitrogens is 2. The van der Waals surface area contributed by atoms with Crippen molar-refractivity contribution in [1.29, 1.82) is 0 Å². The van der Waals surface area contributed by atoms with Crippen LogP contribution in [-0.4, -0.2) is 45.4 Å². The SMILES string of the molecule is CCc1nccn1C1CCCN(C(=O)C(C)NC(=O)C2CCC2)C1. The van der Waals surface area contributed by atoms with Gasteiger partial charge in [-0.05, 0) is 32.6 Å². The molecule has 0 bridgehead atoms. The fraction of sp³-hybridized carbons (Fsp3) is 0.722. The molecule has 2 unspecified atom stereocenters. The van der Waals surface area contributed by atoms with Crippen LogP contribution in [0.2, 0.25) is 0 Å². The molecular weight excluding hydrogens is 304 g/mol. The molecule has 2 atom stereocenters. The van der Waals surface area contributed by atoms with Crippen molar-refractivity contribution in [1.82, 2.24) is 19.8 Å². The van der Waals surface area contributed by atoms with Crippen LogP contribution in [0.25, 0.3) is 0 Å². The van der Waals surface area contributed by atoms with Gasteiger partial charge in [0.05, 0.1) is 6.04 Å². The number of hydrogen-bond donors (Lipinski definition) is 1. The number of imidazole rings is 1. The maximum absolute atomic E-state index is 12.7. The summed E-state index contributed by atoms with van der Waals surface area (Å²) >= 11 is 0. The molecule has 2 heterocycles. The lowest BCUT2D eigenvalue weighted by molar-refractivity contribution is -0.139. The van der Waals surface area contributed by atoms with E-state index in [1.807, 2.05) is 17.3 Å². The Morgan fingerprint density at radius 3 is 2.79 bits per heavy atom. The third-order valence-electron chi connectivity index (χ3n) is 5.37. The van der Waals surface area contributed by atoms with Gasteiger partial charge in [0.2, 0.25) is 11.8 Å². The van der Waals surface area contributed by atoms with Gasteiger partial charge in [-0.2, -0.15) is 0 Å². The minimum atomic E-state index is -0.440. The molecule has 0 aromatic carbocycles. The predicted octanol–water partition coefficient (Wildman–Crippen LogP) is 1.91. The molecule has 1 saturated heterocycles. The van der Waals surface area contributed by atoms with Crippen LogP contribution in [0.1, 0.15) is 57.8 Å². The molecule has 1 aliphatic heterocycles. The van der Waals surface area contributed by atoms with E-state index in [9.17, 15) is 9.59 Å². The number of piperidine rings is 1. The van der Waals surface area contributed by atoms with Gasteiger partial charge < -0.3 is 14.8 Å². The monoisotopic (exact) mass is 332 g/mol. The van der Waals surface area contributed by atoms with Crippen LogP contribution in [0.5, 0.6) is 0 Å². The quantitative estimate of drug-likeness (QED) is 0.896. The van der Waals surface area contributed by atoms with Crippen LogP contribution in [0.3, 0.4) is 0 Å². The van der Waals surface area contributed by atoms with Crippen LogP contribution in [0.15, 0.2) is 12.4 Å². The second-order valence-corrected chi connectivity index (χ2v) is 7.04. The number of nitrogens with one attached hydrogen (secondary N) is 1. The third-order valence-corrected chi connectivity index (χ3v) is 5.37. The first-order chi connectivity index (χ1) is 11.6. The first kappa shape index (κ1) is 17.0. The minimum absolute atomic E-state index is 0.0329. The Hall–Kier alpha value is -1.85. The van der Waals surface area contributed by atoms with Crippen molar-refractivity contribution in [3.8, 4) is 0 Å². The highest BCUT2D eigenvalue weighted by Crippen LogP contribution is 2.27. The maximum atomic E-state index is 12.7. The Labute approximate surface area is 143 Å². The zero-order chi connectivity index (χ0) is 17.1. The lowest BCUT2D eigenvalue weighted by Gasteiger charge is -2.36. The highest BCUT2D eigenvalue weighted by Gasteiger charge is 2.31. The number of amides is 2. The summed E-state index contributed by atoms with van der Waals surface area (Å²) < 4.78 is 2.21. The van der Waals surface area contributed by atoms with E-state index < -0.39 is 6.04 Å². The average Bonchev–Trinajstić information content (AvgIpc) is 3.01. The van der Waals surface area contributed by atoms with Gasteiger partial charge in [0.15, 0.2) is 0 Å². The summed E-state index contributed by atoms with van der Waals surface area (Å²) in [5.74, 6) is 1.26. The highest BCUT2D eigenvalue weighted by molar-refractivity contribution is 5.88. The van der Waals surface area contributed by atoms with Crippen LogP contribution in [0.4, 0.5) is 0 Å². The van der Waals surface area contributed by atoms with Gasteiger partial charge in [-0.1, -0.05) is 13.3 Å². The molecule has 24 heavy (non-hydrogen) atoms. The molecule has 6 heteroatoms. The third kappa shape index (κ3) is 3.47. The van der Waals surface area contributed by atoms with Crippen LogP contribution >= 0.6 is 0 Å². The lowest BCUT2D eigenvalue weighted by atomic mass is 9.84. The summed E-state index contributed by atoms with van der Waals surface area (Å²) in [5.41, 5.74) is 0. The molecule has 132 valence electrons. The van der Waals surface area contributed by atoms with E-state index in [0.29, 0.717) is 6.54 Å². The van der Waals surface area contributed by atoms with Gasteiger partial charge in [0.25, 0.3) is 0 Å². The zero-order valence-corrected chi connectivity index (χ0v) is 14.7. The van der Waals surface area contributed by atoms with Gasteiger partial charge >= 0.3 is 0 Å². The Morgan fingerprint density at radius 1 is 1.33 bits per heavy atom. The Balaban J connectivity index is 1.59. The summed E-state index contributed by atoms with van der Waals surface area (Å²) in [4.78, 5) is 31.1. The lowest BCUT2D eigenvalue weighted by Crippen LogP contribution is -2.51. The van der Waals surface area contributed by atoms with Gasteiger partial charge in [-0.25, -0.2) is 4.98 Å². The van der Waals surface area contributed by atoms with Crippen molar-refractivity contribution in [2.45, 2.75) is 64.5 Å². The fourth-order valence-corrected chi connectivity index (χ4v) is 3.67. The summed E-state index contributed by atoms with van der Waals surface area (Å²) in [6, 6.07) is -0.153. The number of hydrogen-bond acceptors (Lipinski definition) is 3. The Kier molecular flexibility index (Phi) is 5.21. The maximum Gasteiger partial charge on any atom is 0.244 e. The van der Waals surface area contributed by atoms with Crippen molar-refractivity contribution in [2.75, 3.05) is 13.1 Å². The molecule has 3 rings (SSSR count). The number of rotatable bonds is 5. The summed E-state index contributed by atoms with van der Waals surface area (Å²) in [6.07, 6.45) is 9.83. The first-order valence-electron chi connectivity index (χ1n) is 9.21. The van der Waals surface area contributed by atoms with E-state index in [2.05, 4.69) is 21.8 Å². The molecule has 1 N–H and O–H groups in total.